The third-order valence-electron chi connectivity index (χ3n) is 6.07. The standard InChI is InChI=1S/C23H25N3O5/c27-21(17-8-7-9-18(14-17)26(30)31)15-23(29)19-10-3-4-11-20(19)25(22(23)28)16-24-12-5-1-2-6-13-24/h3-4,7-11,14,29H,1-2,5-6,12-13,15-16H2. The Bertz CT molecular complexity index is 1020. The maximum absolute atomic E-state index is 13.4. The number of para-hydroxylation sites is 1. The predicted octanol–water partition coefficient (Wildman–Crippen LogP) is 3.24. The van der Waals surface area contributed by atoms with Gasteiger partial charge in [-0.3, -0.25) is 29.5 Å². The number of amides is 1. The average molecular weight is 423 g/mol. The summed E-state index contributed by atoms with van der Waals surface area (Å²) < 4.78 is 0. The van der Waals surface area contributed by atoms with Crippen LogP contribution < -0.4 is 4.90 Å². The number of fused-ring (bicyclic) bond motifs is 1. The number of carbonyl (C=O) groups is 2. The van der Waals surface area contributed by atoms with Gasteiger partial charge in [-0.05, 0) is 32.0 Å². The third-order valence-corrected chi connectivity index (χ3v) is 6.07. The van der Waals surface area contributed by atoms with Crippen LogP contribution in [0.1, 0.15) is 48.0 Å². The zero-order chi connectivity index (χ0) is 22.0. The molecule has 1 saturated heterocycles. The molecule has 1 unspecified atom stereocenters. The largest absolute Gasteiger partial charge is 0.375 e. The molecule has 0 radical (unpaired) electrons. The molecule has 1 N–H and O–H groups in total. The van der Waals surface area contributed by atoms with E-state index in [0.29, 0.717) is 17.9 Å². The number of Topliss-reactive ketones (excluding diaryl/α,β-unsaturated/α-hetero) is 1. The van der Waals surface area contributed by atoms with Crippen LogP contribution in [0.3, 0.4) is 0 Å². The van der Waals surface area contributed by atoms with Crippen LogP contribution in [0.15, 0.2) is 48.5 Å². The van der Waals surface area contributed by atoms with Crippen molar-refractivity contribution in [1.82, 2.24) is 4.90 Å². The van der Waals surface area contributed by atoms with E-state index in [2.05, 4.69) is 4.90 Å². The first-order valence-corrected chi connectivity index (χ1v) is 10.5. The van der Waals surface area contributed by atoms with Gasteiger partial charge < -0.3 is 5.11 Å². The Labute approximate surface area is 180 Å². The summed E-state index contributed by atoms with van der Waals surface area (Å²) in [6, 6.07) is 12.3. The molecule has 0 aliphatic carbocycles. The van der Waals surface area contributed by atoms with Crippen LogP contribution in [0, 0.1) is 10.1 Å². The van der Waals surface area contributed by atoms with E-state index in [9.17, 15) is 24.8 Å². The van der Waals surface area contributed by atoms with Crippen molar-refractivity contribution in [1.29, 1.82) is 0 Å². The molecule has 1 amide bonds. The number of nitrogens with zero attached hydrogens (tertiary/aromatic N) is 3. The van der Waals surface area contributed by atoms with Gasteiger partial charge in [-0.1, -0.05) is 43.2 Å². The molecule has 2 aromatic carbocycles. The highest BCUT2D eigenvalue weighted by molar-refractivity contribution is 6.10. The van der Waals surface area contributed by atoms with Crippen molar-refractivity contribution in [3.63, 3.8) is 0 Å². The van der Waals surface area contributed by atoms with Crippen molar-refractivity contribution in [3.05, 3.63) is 69.8 Å². The van der Waals surface area contributed by atoms with Crippen LogP contribution in [0.5, 0.6) is 0 Å². The molecular formula is C23H25N3O5. The lowest BCUT2D eigenvalue weighted by molar-refractivity contribution is -0.384. The Morgan fingerprint density at radius 3 is 2.48 bits per heavy atom. The normalized spacial score (nSPS) is 21.6. The molecule has 31 heavy (non-hydrogen) atoms. The van der Waals surface area contributed by atoms with Gasteiger partial charge in [-0.15, -0.1) is 0 Å². The highest BCUT2D eigenvalue weighted by Crippen LogP contribution is 2.43. The SMILES string of the molecule is O=C(CC1(O)C(=O)N(CN2CCCCCC2)c2ccccc21)c1cccc([N+](=O)[O-])c1. The molecule has 162 valence electrons. The molecule has 0 aromatic heterocycles. The molecule has 2 aliphatic heterocycles. The van der Waals surface area contributed by atoms with Gasteiger partial charge in [0.05, 0.1) is 23.7 Å². The Morgan fingerprint density at radius 1 is 1.06 bits per heavy atom. The number of nitro benzene ring substituents is 1. The maximum atomic E-state index is 13.4. The smallest absolute Gasteiger partial charge is 0.270 e. The number of carbonyl (C=O) groups excluding carboxylic acids is 2. The Hall–Kier alpha value is -3.10. The summed E-state index contributed by atoms with van der Waals surface area (Å²) in [4.78, 5) is 40.5. The summed E-state index contributed by atoms with van der Waals surface area (Å²) >= 11 is 0. The molecule has 1 atom stereocenters. The van der Waals surface area contributed by atoms with Crippen LogP contribution in [-0.4, -0.2) is 46.4 Å². The van der Waals surface area contributed by atoms with Gasteiger partial charge in [0.1, 0.15) is 0 Å². The number of hydrogen-bond acceptors (Lipinski definition) is 6. The lowest BCUT2D eigenvalue weighted by Gasteiger charge is -2.28. The highest BCUT2D eigenvalue weighted by Gasteiger charge is 2.51. The number of nitro groups is 1. The first-order valence-electron chi connectivity index (χ1n) is 10.5. The van der Waals surface area contributed by atoms with E-state index in [-0.39, 0.29) is 11.3 Å². The molecule has 8 heteroatoms. The number of anilines is 1. The molecule has 8 nitrogen and oxygen atoms in total. The lowest BCUT2D eigenvalue weighted by Crippen LogP contribution is -2.46. The zero-order valence-corrected chi connectivity index (χ0v) is 17.2. The molecule has 2 heterocycles. The first kappa shape index (κ1) is 21.1. The van der Waals surface area contributed by atoms with Crippen molar-refractivity contribution in [2.75, 3.05) is 24.7 Å². The van der Waals surface area contributed by atoms with Crippen LogP contribution in [0.4, 0.5) is 11.4 Å². The van der Waals surface area contributed by atoms with Crippen molar-refractivity contribution >= 4 is 23.1 Å². The Kier molecular flexibility index (Phi) is 5.84. The first-order chi connectivity index (χ1) is 14.9. The zero-order valence-electron chi connectivity index (χ0n) is 17.2. The summed E-state index contributed by atoms with van der Waals surface area (Å²) in [6.07, 6.45) is 4.00. The van der Waals surface area contributed by atoms with Gasteiger partial charge in [0.25, 0.3) is 11.6 Å². The van der Waals surface area contributed by atoms with E-state index in [1.807, 2.05) is 0 Å². The second kappa shape index (κ2) is 8.56. The van der Waals surface area contributed by atoms with Gasteiger partial charge in [-0.25, -0.2) is 0 Å². The van der Waals surface area contributed by atoms with E-state index in [0.717, 1.165) is 25.9 Å². The maximum Gasteiger partial charge on any atom is 0.270 e. The summed E-state index contributed by atoms with van der Waals surface area (Å²) in [6.45, 7) is 2.14. The minimum Gasteiger partial charge on any atom is -0.375 e. The van der Waals surface area contributed by atoms with Gasteiger partial charge in [-0.2, -0.15) is 0 Å². The second-order valence-corrected chi connectivity index (χ2v) is 8.19. The summed E-state index contributed by atoms with van der Waals surface area (Å²) in [5.74, 6) is -1.05. The van der Waals surface area contributed by atoms with Crippen molar-refractivity contribution in [2.24, 2.45) is 0 Å². The molecule has 4 rings (SSSR count). The number of benzene rings is 2. The second-order valence-electron chi connectivity index (χ2n) is 8.19. The summed E-state index contributed by atoms with van der Waals surface area (Å²) in [5, 5.41) is 22.4. The fraction of sp³-hybridized carbons (Fsp3) is 0.391. The van der Waals surface area contributed by atoms with Gasteiger partial charge in [0.15, 0.2) is 11.4 Å². The number of non-ortho nitro benzene ring substituents is 1. The molecule has 1 fully saturated rings. The number of hydrogen-bond donors (Lipinski definition) is 1. The van der Waals surface area contributed by atoms with Gasteiger partial charge >= 0.3 is 0 Å². The van der Waals surface area contributed by atoms with E-state index in [1.165, 1.54) is 37.1 Å². The number of rotatable bonds is 6. The summed E-state index contributed by atoms with van der Waals surface area (Å²) in [5.41, 5.74) is -1.11. The van der Waals surface area contributed by atoms with Crippen LogP contribution in [-0.2, 0) is 10.4 Å². The average Bonchev–Trinajstić information content (AvgIpc) is 2.95. The molecule has 2 aliphatic rings. The fourth-order valence-electron chi connectivity index (χ4n) is 4.42. The summed E-state index contributed by atoms with van der Waals surface area (Å²) in [7, 11) is 0. The molecule has 0 bridgehead atoms. The van der Waals surface area contributed by atoms with E-state index in [1.54, 1.807) is 29.2 Å². The minimum atomic E-state index is -2.00. The topological polar surface area (TPSA) is 104 Å². The highest BCUT2D eigenvalue weighted by atomic mass is 16.6. The van der Waals surface area contributed by atoms with Crippen molar-refractivity contribution < 1.29 is 19.6 Å². The fourth-order valence-corrected chi connectivity index (χ4v) is 4.42. The van der Waals surface area contributed by atoms with Crippen molar-refractivity contribution in [3.8, 4) is 0 Å². The van der Waals surface area contributed by atoms with E-state index in [4.69, 9.17) is 0 Å². The van der Waals surface area contributed by atoms with Crippen LogP contribution in [0.2, 0.25) is 0 Å². The molecule has 0 saturated carbocycles. The van der Waals surface area contributed by atoms with Gasteiger partial charge in [0.2, 0.25) is 0 Å². The third kappa shape index (κ3) is 4.08. The van der Waals surface area contributed by atoms with E-state index >= 15 is 0 Å². The number of aliphatic hydroxyl groups is 1. The minimum absolute atomic E-state index is 0.0962. The van der Waals surface area contributed by atoms with E-state index < -0.39 is 28.6 Å². The van der Waals surface area contributed by atoms with Crippen molar-refractivity contribution in [2.45, 2.75) is 37.7 Å². The Balaban J connectivity index is 1.61. The van der Waals surface area contributed by atoms with Crippen LogP contribution in [0.25, 0.3) is 0 Å². The quantitative estimate of drug-likeness (QED) is 0.435. The monoisotopic (exact) mass is 423 g/mol. The van der Waals surface area contributed by atoms with Gasteiger partial charge in [0, 0.05) is 23.3 Å². The Morgan fingerprint density at radius 2 is 1.77 bits per heavy atom. The predicted molar refractivity (Wildman–Crippen MR) is 115 cm³/mol. The molecule has 2 aromatic rings. The number of ketones is 1. The number of likely N-dealkylation sites (tertiary alicyclic amines) is 1. The molecule has 0 spiro atoms. The molecular weight excluding hydrogens is 398 g/mol. The van der Waals surface area contributed by atoms with Crippen LogP contribution >= 0.6 is 0 Å². The lowest BCUT2D eigenvalue weighted by atomic mass is 9.88.